The monoisotopic (exact) mass is 315 g/mol. The summed E-state index contributed by atoms with van der Waals surface area (Å²) >= 11 is 0. The van der Waals surface area contributed by atoms with Crippen molar-refractivity contribution in [1.82, 2.24) is 5.32 Å². The number of para-hydroxylation sites is 1. The van der Waals surface area contributed by atoms with Crippen molar-refractivity contribution >= 4 is 11.9 Å². The van der Waals surface area contributed by atoms with Crippen LogP contribution in [0.1, 0.15) is 18.4 Å². The molecule has 1 aromatic rings. The number of rotatable bonds is 5. The highest BCUT2D eigenvalue weighted by Crippen LogP contribution is 2.45. The Balaban J connectivity index is 1.72. The number of carbonyl (C=O) groups is 2. The average Bonchev–Trinajstić information content (AvgIpc) is 2.59. The molecule has 4 rings (SSSR count). The highest BCUT2D eigenvalue weighted by atomic mass is 16.5. The molecule has 0 aromatic heterocycles. The first kappa shape index (κ1) is 15.6. The van der Waals surface area contributed by atoms with Gasteiger partial charge >= 0.3 is 5.97 Å². The maximum absolute atomic E-state index is 12.6. The van der Waals surface area contributed by atoms with Crippen molar-refractivity contribution in [2.24, 2.45) is 23.7 Å². The number of methoxy groups -OCH3 is 1. The summed E-state index contributed by atoms with van der Waals surface area (Å²) in [6, 6.07) is 7.48. The molecular formula is C18H21NO4. The lowest BCUT2D eigenvalue weighted by Crippen LogP contribution is -2.48. The highest BCUT2D eigenvalue weighted by molar-refractivity contribution is 5.86. The van der Waals surface area contributed by atoms with Gasteiger partial charge in [0.15, 0.2) is 0 Å². The fourth-order valence-electron chi connectivity index (χ4n) is 3.84. The molecule has 2 bridgehead atoms. The molecule has 1 saturated carbocycles. The van der Waals surface area contributed by atoms with Crippen molar-refractivity contribution in [2.45, 2.75) is 19.4 Å². The van der Waals surface area contributed by atoms with E-state index >= 15 is 0 Å². The van der Waals surface area contributed by atoms with Gasteiger partial charge in [-0.05, 0) is 30.7 Å². The van der Waals surface area contributed by atoms with E-state index in [1.807, 2.05) is 36.4 Å². The fourth-order valence-corrected chi connectivity index (χ4v) is 3.84. The van der Waals surface area contributed by atoms with Crippen molar-refractivity contribution in [3.8, 4) is 5.75 Å². The van der Waals surface area contributed by atoms with Gasteiger partial charge in [-0.3, -0.25) is 9.59 Å². The lowest BCUT2D eigenvalue weighted by molar-refractivity contribution is -0.153. The minimum atomic E-state index is -0.874. The van der Waals surface area contributed by atoms with Gasteiger partial charge in [0.2, 0.25) is 5.91 Å². The van der Waals surface area contributed by atoms with Crippen LogP contribution in [0.5, 0.6) is 5.75 Å². The summed E-state index contributed by atoms with van der Waals surface area (Å²) in [6.07, 6.45) is 5.73. The van der Waals surface area contributed by atoms with Crippen LogP contribution in [-0.2, 0) is 16.1 Å². The third-order valence-electron chi connectivity index (χ3n) is 4.98. The zero-order valence-corrected chi connectivity index (χ0v) is 13.1. The van der Waals surface area contributed by atoms with Crippen molar-refractivity contribution in [3.05, 3.63) is 42.0 Å². The molecule has 1 amide bonds. The van der Waals surface area contributed by atoms with E-state index in [9.17, 15) is 14.7 Å². The number of carboxylic acid groups (broad SMARTS) is 1. The molecule has 4 atom stereocenters. The second-order valence-electron chi connectivity index (χ2n) is 6.21. The maximum Gasteiger partial charge on any atom is 0.307 e. The zero-order chi connectivity index (χ0) is 16.4. The number of amides is 1. The Labute approximate surface area is 135 Å². The second-order valence-corrected chi connectivity index (χ2v) is 6.21. The van der Waals surface area contributed by atoms with Gasteiger partial charge in [-0.1, -0.05) is 30.4 Å². The number of hydrogen-bond donors (Lipinski definition) is 2. The van der Waals surface area contributed by atoms with Crippen LogP contribution in [0.2, 0.25) is 0 Å². The molecule has 1 fully saturated rings. The lowest BCUT2D eigenvalue weighted by atomic mass is 9.62. The van der Waals surface area contributed by atoms with Crippen LogP contribution < -0.4 is 10.1 Å². The molecular weight excluding hydrogens is 294 g/mol. The van der Waals surface area contributed by atoms with Crippen LogP contribution in [0.4, 0.5) is 0 Å². The van der Waals surface area contributed by atoms with E-state index < -0.39 is 17.8 Å². The van der Waals surface area contributed by atoms with Gasteiger partial charge in [-0.15, -0.1) is 0 Å². The number of nitrogens with one attached hydrogen (secondary N) is 1. The van der Waals surface area contributed by atoms with Crippen LogP contribution in [0.25, 0.3) is 0 Å². The van der Waals surface area contributed by atoms with Crippen LogP contribution >= 0.6 is 0 Å². The lowest BCUT2D eigenvalue weighted by Gasteiger charge is -2.41. The number of allylic oxidation sites excluding steroid dienone is 2. The molecule has 3 aliphatic rings. The molecule has 0 saturated heterocycles. The normalized spacial score (nSPS) is 28.4. The van der Waals surface area contributed by atoms with Gasteiger partial charge in [0.05, 0.1) is 18.9 Å². The number of hydrogen-bond acceptors (Lipinski definition) is 3. The number of carbonyl (C=O) groups excluding carboxylic acids is 1. The van der Waals surface area contributed by atoms with E-state index in [0.717, 1.165) is 18.4 Å². The minimum absolute atomic E-state index is 0.0266. The van der Waals surface area contributed by atoms with E-state index in [4.69, 9.17) is 4.74 Å². The molecule has 3 aliphatic carbocycles. The number of benzene rings is 1. The van der Waals surface area contributed by atoms with Crippen LogP contribution in [-0.4, -0.2) is 24.1 Å². The van der Waals surface area contributed by atoms with E-state index in [0.29, 0.717) is 12.3 Å². The van der Waals surface area contributed by atoms with Crippen LogP contribution in [0.3, 0.4) is 0 Å². The summed E-state index contributed by atoms with van der Waals surface area (Å²) in [5.41, 5.74) is 0.881. The summed E-state index contributed by atoms with van der Waals surface area (Å²) < 4.78 is 5.28. The van der Waals surface area contributed by atoms with E-state index in [1.54, 1.807) is 7.11 Å². The highest BCUT2D eigenvalue weighted by Gasteiger charge is 2.48. The fraction of sp³-hybridized carbons (Fsp3) is 0.444. The molecule has 0 spiro atoms. The van der Waals surface area contributed by atoms with Crippen molar-refractivity contribution in [2.75, 3.05) is 7.11 Å². The second kappa shape index (κ2) is 6.44. The Hall–Kier alpha value is -2.30. The standard InChI is InChI=1S/C18H21NO4/c1-23-14-5-3-2-4-13(14)10-19-17(20)15-11-6-8-12(9-7-11)16(15)18(21)22/h2-6,8,11-12,15-16H,7,9-10H2,1H3,(H,19,20)(H,21,22). The Morgan fingerprint density at radius 3 is 2.43 bits per heavy atom. The van der Waals surface area contributed by atoms with Gasteiger partial charge in [-0.25, -0.2) is 0 Å². The molecule has 122 valence electrons. The third-order valence-corrected chi connectivity index (χ3v) is 4.98. The maximum atomic E-state index is 12.6. The number of fused-ring (bicyclic) bond motifs is 2. The van der Waals surface area contributed by atoms with E-state index in [2.05, 4.69) is 5.32 Å². The Morgan fingerprint density at radius 2 is 1.83 bits per heavy atom. The molecule has 2 N–H and O–H groups in total. The molecule has 4 unspecified atom stereocenters. The first-order valence-electron chi connectivity index (χ1n) is 7.92. The number of ether oxygens (including phenoxy) is 1. The Kier molecular flexibility index (Phi) is 4.37. The predicted molar refractivity (Wildman–Crippen MR) is 84.8 cm³/mol. The predicted octanol–water partition coefficient (Wildman–Crippen LogP) is 2.22. The number of aliphatic carboxylic acids is 1. The largest absolute Gasteiger partial charge is 0.496 e. The molecule has 0 heterocycles. The van der Waals surface area contributed by atoms with E-state index in [1.165, 1.54) is 0 Å². The molecule has 0 aliphatic heterocycles. The molecule has 5 heteroatoms. The Morgan fingerprint density at radius 1 is 1.17 bits per heavy atom. The van der Waals surface area contributed by atoms with Gasteiger partial charge in [0.1, 0.15) is 5.75 Å². The summed E-state index contributed by atoms with van der Waals surface area (Å²) in [4.78, 5) is 24.2. The van der Waals surface area contributed by atoms with Crippen LogP contribution in [0, 0.1) is 23.7 Å². The van der Waals surface area contributed by atoms with Gasteiger partial charge in [0, 0.05) is 12.1 Å². The van der Waals surface area contributed by atoms with E-state index in [-0.39, 0.29) is 17.7 Å². The zero-order valence-electron chi connectivity index (χ0n) is 13.1. The molecule has 23 heavy (non-hydrogen) atoms. The van der Waals surface area contributed by atoms with Gasteiger partial charge in [-0.2, -0.15) is 0 Å². The number of carboxylic acids is 1. The molecule has 1 aromatic carbocycles. The minimum Gasteiger partial charge on any atom is -0.496 e. The Bertz CT molecular complexity index is 640. The summed E-state index contributed by atoms with van der Waals surface area (Å²) in [5, 5.41) is 12.4. The van der Waals surface area contributed by atoms with Crippen LogP contribution in [0.15, 0.2) is 36.4 Å². The summed E-state index contributed by atoms with van der Waals surface area (Å²) in [7, 11) is 1.59. The summed E-state index contributed by atoms with van der Waals surface area (Å²) in [5.74, 6) is -1.43. The van der Waals surface area contributed by atoms with Crippen molar-refractivity contribution in [1.29, 1.82) is 0 Å². The smallest absolute Gasteiger partial charge is 0.307 e. The summed E-state index contributed by atoms with van der Waals surface area (Å²) in [6.45, 7) is 0.340. The van der Waals surface area contributed by atoms with Crippen molar-refractivity contribution in [3.63, 3.8) is 0 Å². The van der Waals surface area contributed by atoms with Gasteiger partial charge < -0.3 is 15.2 Å². The first-order chi connectivity index (χ1) is 11.1. The van der Waals surface area contributed by atoms with Crippen molar-refractivity contribution < 1.29 is 19.4 Å². The quantitative estimate of drug-likeness (QED) is 0.817. The SMILES string of the molecule is COc1ccccc1CNC(=O)C1C2C=CC(CC2)C1C(=O)O. The molecule has 5 nitrogen and oxygen atoms in total. The first-order valence-corrected chi connectivity index (χ1v) is 7.92. The average molecular weight is 315 g/mol. The molecule has 0 radical (unpaired) electrons. The third kappa shape index (κ3) is 2.96. The van der Waals surface area contributed by atoms with Gasteiger partial charge in [0.25, 0.3) is 0 Å². The topological polar surface area (TPSA) is 75.6 Å².